The third kappa shape index (κ3) is 3.74. The smallest absolute Gasteiger partial charge is 0.106 e. The van der Waals surface area contributed by atoms with E-state index in [1.165, 1.54) is 12.1 Å². The largest absolute Gasteiger partial charge is 0.350 e. The average molecular weight is 246 g/mol. The quantitative estimate of drug-likeness (QED) is 0.702. The van der Waals surface area contributed by atoms with Crippen molar-refractivity contribution in [3.8, 4) is 0 Å². The highest BCUT2D eigenvalue weighted by Gasteiger charge is 1.99. The number of aromatic amines is 1. The number of hydrogen-bond donors (Lipinski definition) is 2. The molecule has 0 spiro atoms. The maximum Gasteiger partial charge on any atom is 0.106 e. The summed E-state index contributed by atoms with van der Waals surface area (Å²) in [5, 5.41) is 3.49. The number of rotatable bonds is 8. The van der Waals surface area contributed by atoms with Crippen molar-refractivity contribution in [1.82, 2.24) is 19.9 Å². The van der Waals surface area contributed by atoms with Gasteiger partial charge in [0.1, 0.15) is 5.82 Å². The molecule has 2 rings (SSSR count). The van der Waals surface area contributed by atoms with Crippen molar-refractivity contribution in [2.75, 3.05) is 6.54 Å². The minimum Gasteiger partial charge on any atom is -0.350 e. The maximum absolute atomic E-state index is 4.21. The summed E-state index contributed by atoms with van der Waals surface area (Å²) in [7, 11) is 0. The van der Waals surface area contributed by atoms with Gasteiger partial charge in [0.25, 0.3) is 0 Å². The zero-order chi connectivity index (χ0) is 12.6. The van der Waals surface area contributed by atoms with Gasteiger partial charge in [0, 0.05) is 43.8 Å². The monoisotopic (exact) mass is 246 g/mol. The molecule has 0 radical (unpaired) electrons. The number of nitrogens with zero attached hydrogens (tertiary/aromatic N) is 2. The zero-order valence-electron chi connectivity index (χ0n) is 11.0. The molecule has 2 N–H and O–H groups in total. The Hall–Kier alpha value is -1.55. The summed E-state index contributed by atoms with van der Waals surface area (Å²) < 4.78 is 2.32. The molecule has 4 nitrogen and oxygen atoms in total. The van der Waals surface area contributed by atoms with Crippen LogP contribution in [0.4, 0.5) is 0 Å². The third-order valence-electron chi connectivity index (χ3n) is 3.02. The Morgan fingerprint density at radius 3 is 3.17 bits per heavy atom. The van der Waals surface area contributed by atoms with Gasteiger partial charge >= 0.3 is 0 Å². The molecule has 0 aliphatic carbocycles. The molecule has 2 aromatic heterocycles. The van der Waals surface area contributed by atoms with Crippen molar-refractivity contribution < 1.29 is 0 Å². The summed E-state index contributed by atoms with van der Waals surface area (Å²) in [6.07, 6.45) is 9.14. The lowest BCUT2D eigenvalue weighted by atomic mass is 10.3. The van der Waals surface area contributed by atoms with Crippen molar-refractivity contribution >= 4 is 0 Å². The first-order chi connectivity index (χ1) is 8.90. The number of nitrogens with one attached hydrogen (secondary N) is 2. The fraction of sp³-hybridized carbons (Fsp3) is 0.500. The Morgan fingerprint density at radius 2 is 2.39 bits per heavy atom. The number of imidazole rings is 1. The molecular weight excluding hydrogens is 224 g/mol. The van der Waals surface area contributed by atoms with Gasteiger partial charge in [-0.1, -0.05) is 6.92 Å². The molecule has 2 aromatic rings. The van der Waals surface area contributed by atoms with E-state index in [0.717, 1.165) is 38.3 Å². The minimum absolute atomic E-state index is 0.950. The fourth-order valence-corrected chi connectivity index (χ4v) is 2.10. The second-order valence-electron chi connectivity index (χ2n) is 4.51. The molecule has 0 saturated carbocycles. The molecule has 4 heteroatoms. The van der Waals surface area contributed by atoms with E-state index in [0.29, 0.717) is 0 Å². The highest BCUT2D eigenvalue weighted by atomic mass is 15.0. The standard InChI is InChI=1S/C14H22N4/c1-2-10-18-11-4-5-13(18)12-15-7-3-6-14-16-8-9-17-14/h4-5,8-9,11,15H,2-3,6-7,10,12H2,1H3,(H,16,17). The molecule has 0 aromatic carbocycles. The Kier molecular flexibility index (Phi) is 5.02. The van der Waals surface area contributed by atoms with E-state index in [9.17, 15) is 0 Å². The first-order valence-electron chi connectivity index (χ1n) is 6.73. The van der Waals surface area contributed by atoms with Crippen LogP contribution in [-0.2, 0) is 19.5 Å². The molecule has 18 heavy (non-hydrogen) atoms. The van der Waals surface area contributed by atoms with Gasteiger partial charge in [-0.05, 0) is 31.5 Å². The SMILES string of the molecule is CCCn1cccc1CNCCCc1ncc[nH]1. The topological polar surface area (TPSA) is 45.6 Å². The lowest BCUT2D eigenvalue weighted by Crippen LogP contribution is -2.18. The van der Waals surface area contributed by atoms with Crippen LogP contribution in [-0.4, -0.2) is 21.1 Å². The lowest BCUT2D eigenvalue weighted by Gasteiger charge is -2.08. The van der Waals surface area contributed by atoms with Gasteiger partial charge in [-0.3, -0.25) is 0 Å². The molecule has 0 bridgehead atoms. The normalized spacial score (nSPS) is 10.9. The van der Waals surface area contributed by atoms with Crippen LogP contribution in [0.5, 0.6) is 0 Å². The molecule has 0 aliphatic heterocycles. The van der Waals surface area contributed by atoms with E-state index >= 15 is 0 Å². The van der Waals surface area contributed by atoms with Crippen LogP contribution < -0.4 is 5.32 Å². The zero-order valence-corrected chi connectivity index (χ0v) is 11.0. The van der Waals surface area contributed by atoms with Crippen molar-refractivity contribution in [2.24, 2.45) is 0 Å². The van der Waals surface area contributed by atoms with Gasteiger partial charge in [-0.15, -0.1) is 0 Å². The van der Waals surface area contributed by atoms with Crippen LogP contribution in [0, 0.1) is 0 Å². The van der Waals surface area contributed by atoms with Crippen LogP contribution >= 0.6 is 0 Å². The Morgan fingerprint density at radius 1 is 1.44 bits per heavy atom. The molecule has 0 fully saturated rings. The van der Waals surface area contributed by atoms with Gasteiger partial charge in [0.15, 0.2) is 0 Å². The molecule has 0 saturated heterocycles. The second kappa shape index (κ2) is 7.01. The Bertz CT molecular complexity index is 430. The van der Waals surface area contributed by atoms with E-state index in [-0.39, 0.29) is 0 Å². The van der Waals surface area contributed by atoms with Crippen LogP contribution in [0.15, 0.2) is 30.7 Å². The van der Waals surface area contributed by atoms with Gasteiger partial charge in [0.2, 0.25) is 0 Å². The maximum atomic E-state index is 4.21. The Balaban J connectivity index is 1.64. The number of hydrogen-bond acceptors (Lipinski definition) is 2. The first kappa shape index (κ1) is 12.9. The van der Waals surface area contributed by atoms with Crippen LogP contribution in [0.25, 0.3) is 0 Å². The fourth-order valence-electron chi connectivity index (χ4n) is 2.10. The van der Waals surface area contributed by atoms with E-state index in [4.69, 9.17) is 0 Å². The predicted molar refractivity (Wildman–Crippen MR) is 73.3 cm³/mol. The molecular formula is C14H22N4. The van der Waals surface area contributed by atoms with Gasteiger partial charge < -0.3 is 14.9 Å². The third-order valence-corrected chi connectivity index (χ3v) is 3.02. The van der Waals surface area contributed by atoms with E-state index in [2.05, 4.69) is 45.1 Å². The Labute approximate surface area is 108 Å². The average Bonchev–Trinajstić information content (AvgIpc) is 3.01. The van der Waals surface area contributed by atoms with Crippen molar-refractivity contribution in [2.45, 2.75) is 39.3 Å². The van der Waals surface area contributed by atoms with Gasteiger partial charge in [0.05, 0.1) is 0 Å². The molecule has 0 unspecified atom stereocenters. The van der Waals surface area contributed by atoms with Crippen molar-refractivity contribution in [1.29, 1.82) is 0 Å². The second-order valence-corrected chi connectivity index (χ2v) is 4.51. The van der Waals surface area contributed by atoms with Crippen molar-refractivity contribution in [3.05, 3.63) is 42.2 Å². The summed E-state index contributed by atoms with van der Waals surface area (Å²) in [5.41, 5.74) is 1.37. The van der Waals surface area contributed by atoms with E-state index in [1.54, 1.807) is 6.20 Å². The number of aromatic nitrogens is 3. The highest BCUT2D eigenvalue weighted by molar-refractivity contribution is 5.06. The predicted octanol–water partition coefficient (Wildman–Crippen LogP) is 2.34. The molecule has 2 heterocycles. The highest BCUT2D eigenvalue weighted by Crippen LogP contribution is 2.03. The van der Waals surface area contributed by atoms with E-state index < -0.39 is 0 Å². The van der Waals surface area contributed by atoms with Crippen LogP contribution in [0.3, 0.4) is 0 Å². The van der Waals surface area contributed by atoms with Gasteiger partial charge in [-0.25, -0.2) is 4.98 Å². The summed E-state index contributed by atoms with van der Waals surface area (Å²) in [6, 6.07) is 4.31. The molecule has 0 atom stereocenters. The molecule has 0 aliphatic rings. The number of H-pyrrole nitrogens is 1. The van der Waals surface area contributed by atoms with E-state index in [1.807, 2.05) is 6.20 Å². The van der Waals surface area contributed by atoms with Crippen LogP contribution in [0.2, 0.25) is 0 Å². The molecule has 98 valence electrons. The van der Waals surface area contributed by atoms with Crippen LogP contribution in [0.1, 0.15) is 31.3 Å². The van der Waals surface area contributed by atoms with Crippen molar-refractivity contribution in [3.63, 3.8) is 0 Å². The summed E-state index contributed by atoms with van der Waals surface area (Å²) >= 11 is 0. The number of aryl methyl sites for hydroxylation is 2. The lowest BCUT2D eigenvalue weighted by molar-refractivity contribution is 0.588. The summed E-state index contributed by atoms with van der Waals surface area (Å²) in [6.45, 7) is 5.29. The summed E-state index contributed by atoms with van der Waals surface area (Å²) in [4.78, 5) is 7.34. The van der Waals surface area contributed by atoms with Gasteiger partial charge in [-0.2, -0.15) is 0 Å². The molecule has 0 amide bonds. The minimum atomic E-state index is 0.950. The first-order valence-corrected chi connectivity index (χ1v) is 6.73. The summed E-state index contributed by atoms with van der Waals surface area (Å²) in [5.74, 6) is 1.08.